The molecule has 0 aliphatic rings. The van der Waals surface area contributed by atoms with Crippen LogP contribution in [0.2, 0.25) is 0 Å². The fourth-order valence-electron chi connectivity index (χ4n) is 1.94. The zero-order valence-electron chi connectivity index (χ0n) is 11.9. The molecular weight excluding hydrogens is 373 g/mol. The van der Waals surface area contributed by atoms with Crippen molar-refractivity contribution in [3.05, 3.63) is 34.1 Å². The largest absolute Gasteiger partial charge is 0.465 e. The number of hydrogen-bond donors (Lipinski definition) is 0. The molecule has 0 amide bonds. The predicted octanol–water partition coefficient (Wildman–Crippen LogP) is 4.31. The Balaban J connectivity index is 4.01. The van der Waals surface area contributed by atoms with Gasteiger partial charge in [0.2, 0.25) is 0 Å². The average molecular weight is 379 g/mol. The van der Waals surface area contributed by atoms with Gasteiger partial charge >= 0.3 is 18.3 Å². The molecule has 0 bridgehead atoms. The minimum atomic E-state index is -5.93. The monoisotopic (exact) mass is 379 g/mol. The molecule has 3 nitrogen and oxygen atoms in total. The number of carbonyl (C=O) groups excluding carboxylic acids is 1. The fraction of sp³-hybridized carbons (Fsp3) is 0.385. The Bertz CT molecular complexity index is 731. The zero-order chi connectivity index (χ0) is 19.7. The molecule has 138 valence electrons. The maximum absolute atomic E-state index is 14.1. The van der Waals surface area contributed by atoms with E-state index in [0.717, 1.165) is 13.0 Å². The highest BCUT2D eigenvalue weighted by Gasteiger charge is 2.49. The summed E-state index contributed by atoms with van der Waals surface area (Å²) < 4.78 is 122. The van der Waals surface area contributed by atoms with Crippen molar-refractivity contribution >= 4 is 5.97 Å². The zero-order valence-corrected chi connectivity index (χ0v) is 11.9. The van der Waals surface area contributed by atoms with Gasteiger partial charge in [-0.15, -0.1) is 0 Å². The van der Waals surface area contributed by atoms with Gasteiger partial charge in [-0.2, -0.15) is 31.6 Å². The molecule has 1 rings (SSSR count). The molecule has 0 saturated heterocycles. The Morgan fingerprint density at radius 1 is 1.00 bits per heavy atom. The van der Waals surface area contributed by atoms with Crippen LogP contribution >= 0.6 is 0 Å². The molecule has 1 aromatic carbocycles. The number of benzene rings is 1. The highest BCUT2D eigenvalue weighted by molar-refractivity contribution is 5.82. The fourth-order valence-corrected chi connectivity index (χ4v) is 1.94. The van der Waals surface area contributed by atoms with Gasteiger partial charge in [-0.1, -0.05) is 0 Å². The van der Waals surface area contributed by atoms with Gasteiger partial charge in [-0.3, -0.25) is 4.79 Å². The Morgan fingerprint density at radius 2 is 1.44 bits per heavy atom. The summed E-state index contributed by atoms with van der Waals surface area (Å²) in [6.45, 7) is 0.621. The first-order chi connectivity index (χ1) is 11.3. The van der Waals surface area contributed by atoms with Crippen LogP contribution in [0.25, 0.3) is 0 Å². The van der Waals surface area contributed by atoms with E-state index in [9.17, 15) is 44.3 Å². The van der Waals surface area contributed by atoms with Gasteiger partial charge in [0.15, 0.2) is 17.6 Å². The number of carbonyl (C=O) groups is 1. The highest BCUT2D eigenvalue weighted by Crippen LogP contribution is 2.44. The van der Waals surface area contributed by atoms with Crippen molar-refractivity contribution in [3.63, 3.8) is 0 Å². The standard InChI is InChI=1S/C13H6F9NO2/c1-2-25-11(24)4(3-23)5-6(12(17,18)19)9(15)10(16)7(8(5)14)13(20,21)22/h4H,2H2,1H3. The first kappa shape index (κ1) is 20.6. The quantitative estimate of drug-likeness (QED) is 0.447. The molecular formula is C13H6F9NO2. The molecule has 0 aliphatic carbocycles. The number of esters is 1. The normalized spacial score (nSPS) is 13.3. The van der Waals surface area contributed by atoms with Crippen molar-refractivity contribution in [1.82, 2.24) is 0 Å². The van der Waals surface area contributed by atoms with Crippen molar-refractivity contribution in [2.45, 2.75) is 25.2 Å². The van der Waals surface area contributed by atoms with Crippen molar-refractivity contribution in [2.24, 2.45) is 0 Å². The van der Waals surface area contributed by atoms with E-state index < -0.39 is 65.0 Å². The van der Waals surface area contributed by atoms with Gasteiger partial charge in [0.25, 0.3) is 0 Å². The summed E-state index contributed by atoms with van der Waals surface area (Å²) in [5.41, 5.74) is -8.10. The van der Waals surface area contributed by atoms with Crippen LogP contribution in [-0.4, -0.2) is 12.6 Å². The van der Waals surface area contributed by atoms with Crippen LogP contribution in [0.1, 0.15) is 29.5 Å². The van der Waals surface area contributed by atoms with Crippen molar-refractivity contribution < 1.29 is 49.0 Å². The molecule has 0 radical (unpaired) electrons. The van der Waals surface area contributed by atoms with Gasteiger partial charge in [0, 0.05) is 5.56 Å². The lowest BCUT2D eigenvalue weighted by atomic mass is 9.90. The topological polar surface area (TPSA) is 50.1 Å². The molecule has 0 spiro atoms. The van der Waals surface area contributed by atoms with E-state index in [2.05, 4.69) is 4.74 Å². The van der Waals surface area contributed by atoms with Crippen molar-refractivity contribution in [1.29, 1.82) is 5.26 Å². The lowest BCUT2D eigenvalue weighted by Gasteiger charge is -2.21. The lowest BCUT2D eigenvalue weighted by Crippen LogP contribution is -2.26. The van der Waals surface area contributed by atoms with Gasteiger partial charge < -0.3 is 4.74 Å². The second-order valence-electron chi connectivity index (χ2n) is 4.42. The highest BCUT2D eigenvalue weighted by atomic mass is 19.4. The number of nitrogens with zero attached hydrogens (tertiary/aromatic N) is 1. The molecule has 1 unspecified atom stereocenters. The van der Waals surface area contributed by atoms with Crippen LogP contribution in [0.15, 0.2) is 0 Å². The minimum Gasteiger partial charge on any atom is -0.465 e. The summed E-state index contributed by atoms with van der Waals surface area (Å²) in [5.74, 6) is -13.9. The van der Waals surface area contributed by atoms with Crippen molar-refractivity contribution in [3.8, 4) is 6.07 Å². The summed E-state index contributed by atoms with van der Waals surface area (Å²) in [5, 5.41) is 8.76. The van der Waals surface area contributed by atoms with Crippen molar-refractivity contribution in [2.75, 3.05) is 6.61 Å². The number of alkyl halides is 6. The predicted molar refractivity (Wildman–Crippen MR) is 61.3 cm³/mol. The van der Waals surface area contributed by atoms with E-state index in [1.165, 1.54) is 0 Å². The molecule has 0 aromatic heterocycles. The Kier molecular flexibility index (Phi) is 5.61. The first-order valence-corrected chi connectivity index (χ1v) is 6.19. The number of hydrogen-bond acceptors (Lipinski definition) is 3. The Morgan fingerprint density at radius 3 is 1.80 bits per heavy atom. The van der Waals surface area contributed by atoms with Gasteiger partial charge in [0.05, 0.1) is 12.7 Å². The van der Waals surface area contributed by atoms with Gasteiger partial charge in [0.1, 0.15) is 16.9 Å². The maximum Gasteiger partial charge on any atom is 0.422 e. The van der Waals surface area contributed by atoms with E-state index in [-0.39, 0.29) is 0 Å². The van der Waals surface area contributed by atoms with Crippen LogP contribution in [-0.2, 0) is 21.9 Å². The number of ether oxygens (including phenoxy) is 1. The molecule has 1 atom stereocenters. The smallest absolute Gasteiger partial charge is 0.422 e. The Labute approximate surface area is 133 Å². The van der Waals surface area contributed by atoms with Crippen LogP contribution in [0, 0.1) is 28.8 Å². The minimum absolute atomic E-state index is 0.518. The Hall–Kier alpha value is -2.45. The van der Waals surface area contributed by atoms with E-state index >= 15 is 0 Å². The lowest BCUT2D eigenvalue weighted by molar-refractivity contribution is -0.150. The van der Waals surface area contributed by atoms with Gasteiger partial charge in [-0.05, 0) is 6.92 Å². The number of halogens is 9. The molecule has 0 aliphatic heterocycles. The molecule has 25 heavy (non-hydrogen) atoms. The van der Waals surface area contributed by atoms with E-state index in [1.54, 1.807) is 0 Å². The number of nitriles is 1. The molecule has 12 heteroatoms. The summed E-state index contributed by atoms with van der Waals surface area (Å²) in [4.78, 5) is 11.5. The van der Waals surface area contributed by atoms with E-state index in [4.69, 9.17) is 5.26 Å². The second-order valence-corrected chi connectivity index (χ2v) is 4.42. The third-order valence-corrected chi connectivity index (χ3v) is 2.86. The third-order valence-electron chi connectivity index (χ3n) is 2.86. The molecule has 0 fully saturated rings. The number of rotatable bonds is 3. The second kappa shape index (κ2) is 6.81. The maximum atomic E-state index is 14.1. The molecule has 1 aromatic rings. The van der Waals surface area contributed by atoms with E-state index in [0.29, 0.717) is 0 Å². The summed E-state index contributed by atoms with van der Waals surface area (Å²) in [7, 11) is 0. The van der Waals surface area contributed by atoms with E-state index in [1.807, 2.05) is 0 Å². The molecule has 0 heterocycles. The average Bonchev–Trinajstić information content (AvgIpc) is 2.42. The summed E-state index contributed by atoms with van der Waals surface area (Å²) in [6.07, 6.45) is -11.8. The first-order valence-electron chi connectivity index (χ1n) is 6.19. The summed E-state index contributed by atoms with van der Waals surface area (Å²) >= 11 is 0. The van der Waals surface area contributed by atoms with Crippen LogP contribution < -0.4 is 0 Å². The van der Waals surface area contributed by atoms with Gasteiger partial charge in [-0.25, -0.2) is 13.2 Å². The molecule has 0 saturated carbocycles. The van der Waals surface area contributed by atoms with Crippen LogP contribution in [0.5, 0.6) is 0 Å². The molecule has 0 N–H and O–H groups in total. The third kappa shape index (κ3) is 3.80. The SMILES string of the molecule is CCOC(=O)C(C#N)c1c(F)c(C(F)(F)F)c(F)c(F)c1C(F)(F)F. The summed E-state index contributed by atoms with van der Waals surface area (Å²) in [6, 6.07) is 0.811. The van der Waals surface area contributed by atoms with Crippen LogP contribution in [0.4, 0.5) is 39.5 Å². The van der Waals surface area contributed by atoms with Crippen LogP contribution in [0.3, 0.4) is 0 Å².